The van der Waals surface area contributed by atoms with Gasteiger partial charge in [0.1, 0.15) is 11.9 Å². The zero-order valence-electron chi connectivity index (χ0n) is 13.4. The number of alkyl halides is 6. The van der Waals surface area contributed by atoms with Crippen molar-refractivity contribution >= 4 is 0 Å². The van der Waals surface area contributed by atoms with E-state index in [1.54, 1.807) is 0 Å². The van der Waals surface area contributed by atoms with Crippen LogP contribution in [0.2, 0.25) is 0 Å². The van der Waals surface area contributed by atoms with Crippen molar-refractivity contribution in [1.82, 2.24) is 5.32 Å². The summed E-state index contributed by atoms with van der Waals surface area (Å²) in [6, 6.07) is 5.06. The minimum atomic E-state index is -5.02. The molecule has 0 aliphatic carbocycles. The molecule has 27 heavy (non-hydrogen) atoms. The summed E-state index contributed by atoms with van der Waals surface area (Å²) < 4.78 is 99.3. The Morgan fingerprint density at radius 2 is 1.59 bits per heavy atom. The molecular formula is C17H12F7NO2. The highest BCUT2D eigenvalue weighted by atomic mass is 19.4. The number of ether oxygens (including phenoxy) is 2. The average molecular weight is 395 g/mol. The molecule has 0 spiro atoms. The van der Waals surface area contributed by atoms with Gasteiger partial charge in [-0.3, -0.25) is 0 Å². The van der Waals surface area contributed by atoms with Crippen LogP contribution in [0.25, 0.3) is 11.1 Å². The van der Waals surface area contributed by atoms with E-state index in [1.165, 1.54) is 6.07 Å². The summed E-state index contributed by atoms with van der Waals surface area (Å²) in [6.07, 6.45) is -10.1. The Morgan fingerprint density at radius 3 is 2.11 bits per heavy atom. The van der Waals surface area contributed by atoms with Gasteiger partial charge in [-0.2, -0.15) is 13.2 Å². The Kier molecular flexibility index (Phi) is 4.94. The van der Waals surface area contributed by atoms with Gasteiger partial charge in [-0.05, 0) is 29.8 Å². The Balaban J connectivity index is 1.97. The summed E-state index contributed by atoms with van der Waals surface area (Å²) in [7, 11) is 0. The second kappa shape index (κ2) is 6.91. The molecule has 2 aromatic carbocycles. The van der Waals surface area contributed by atoms with Gasteiger partial charge >= 0.3 is 12.5 Å². The molecule has 0 unspecified atom stereocenters. The van der Waals surface area contributed by atoms with Gasteiger partial charge in [0.25, 0.3) is 0 Å². The third kappa shape index (κ3) is 4.62. The molecule has 3 rings (SSSR count). The molecule has 0 bridgehead atoms. The molecule has 1 saturated heterocycles. The molecule has 1 heterocycles. The van der Waals surface area contributed by atoms with E-state index >= 15 is 0 Å². The largest absolute Gasteiger partial charge is 0.573 e. The third-order valence-corrected chi connectivity index (χ3v) is 3.81. The monoisotopic (exact) mass is 395 g/mol. The Labute approximate surface area is 148 Å². The van der Waals surface area contributed by atoms with Crippen LogP contribution in [0.3, 0.4) is 0 Å². The van der Waals surface area contributed by atoms with Crippen molar-refractivity contribution in [2.45, 2.75) is 18.6 Å². The van der Waals surface area contributed by atoms with E-state index in [9.17, 15) is 30.7 Å². The van der Waals surface area contributed by atoms with Crippen molar-refractivity contribution in [2.75, 3.05) is 13.1 Å². The molecule has 1 aliphatic heterocycles. The fraction of sp³-hybridized carbons (Fsp3) is 0.294. The molecule has 0 saturated carbocycles. The van der Waals surface area contributed by atoms with Crippen LogP contribution in [-0.4, -0.2) is 25.6 Å². The highest BCUT2D eigenvalue weighted by Crippen LogP contribution is 2.38. The van der Waals surface area contributed by atoms with Crippen LogP contribution < -0.4 is 14.8 Å². The fourth-order valence-corrected chi connectivity index (χ4v) is 2.43. The van der Waals surface area contributed by atoms with E-state index in [4.69, 9.17) is 4.74 Å². The highest BCUT2D eigenvalue weighted by molar-refractivity contribution is 5.68. The van der Waals surface area contributed by atoms with E-state index in [-0.39, 0.29) is 29.0 Å². The first-order valence-corrected chi connectivity index (χ1v) is 7.67. The summed E-state index contributed by atoms with van der Waals surface area (Å²) in [5.74, 6) is -2.12. The van der Waals surface area contributed by atoms with Crippen LogP contribution in [0.15, 0.2) is 36.4 Å². The standard InChI is InChI=1S/C17H12F7NO2/c18-13-6-10(16(19,20)21)2-3-12(13)9-1-4-14(26-11-7-25-8-11)15(5-9)27-17(22,23)24/h1-6,11,25H,7-8H2. The zero-order chi connectivity index (χ0) is 19.8. The summed E-state index contributed by atoms with van der Waals surface area (Å²) in [5.41, 5.74) is -1.58. The SMILES string of the molecule is Fc1cc(C(F)(F)F)ccc1-c1ccc(OC2CNC2)c(OC(F)(F)F)c1. The smallest absolute Gasteiger partial charge is 0.484 e. The number of hydrogen-bond donors (Lipinski definition) is 1. The summed E-state index contributed by atoms with van der Waals surface area (Å²) >= 11 is 0. The second-order valence-electron chi connectivity index (χ2n) is 5.80. The molecule has 2 aromatic rings. The van der Waals surface area contributed by atoms with Crippen molar-refractivity contribution in [3.05, 3.63) is 47.8 Å². The first-order valence-electron chi connectivity index (χ1n) is 7.67. The molecule has 0 amide bonds. The van der Waals surface area contributed by atoms with Crippen molar-refractivity contribution in [3.8, 4) is 22.6 Å². The van der Waals surface area contributed by atoms with Gasteiger partial charge < -0.3 is 14.8 Å². The average Bonchev–Trinajstić information content (AvgIpc) is 2.49. The maximum Gasteiger partial charge on any atom is 0.573 e. The first kappa shape index (κ1) is 19.3. The maximum absolute atomic E-state index is 14.1. The molecule has 1 aliphatic rings. The molecule has 0 radical (unpaired) electrons. The minimum absolute atomic E-state index is 0.0837. The van der Waals surface area contributed by atoms with E-state index in [2.05, 4.69) is 10.1 Å². The number of nitrogens with one attached hydrogen (secondary N) is 1. The van der Waals surface area contributed by atoms with Crippen molar-refractivity contribution in [2.24, 2.45) is 0 Å². The van der Waals surface area contributed by atoms with Crippen LogP contribution in [0.5, 0.6) is 11.5 Å². The third-order valence-electron chi connectivity index (χ3n) is 3.81. The topological polar surface area (TPSA) is 30.5 Å². The molecule has 0 atom stereocenters. The maximum atomic E-state index is 14.1. The van der Waals surface area contributed by atoms with Crippen molar-refractivity contribution in [3.63, 3.8) is 0 Å². The van der Waals surface area contributed by atoms with Gasteiger partial charge in [0.15, 0.2) is 11.5 Å². The van der Waals surface area contributed by atoms with Crippen LogP contribution in [0.1, 0.15) is 5.56 Å². The van der Waals surface area contributed by atoms with Gasteiger partial charge in [0.2, 0.25) is 0 Å². The van der Waals surface area contributed by atoms with Crippen molar-refractivity contribution in [1.29, 1.82) is 0 Å². The minimum Gasteiger partial charge on any atom is -0.484 e. The summed E-state index contributed by atoms with van der Waals surface area (Å²) in [5, 5.41) is 2.88. The molecule has 10 heteroatoms. The molecular weight excluding hydrogens is 383 g/mol. The Bertz CT molecular complexity index is 829. The lowest BCUT2D eigenvalue weighted by molar-refractivity contribution is -0.275. The first-order chi connectivity index (χ1) is 12.5. The lowest BCUT2D eigenvalue weighted by atomic mass is 10.0. The summed E-state index contributed by atoms with van der Waals surface area (Å²) in [4.78, 5) is 0. The van der Waals surface area contributed by atoms with E-state index in [1.807, 2.05) is 0 Å². The van der Waals surface area contributed by atoms with Gasteiger partial charge in [-0.15, -0.1) is 13.2 Å². The molecule has 3 nitrogen and oxygen atoms in total. The number of benzene rings is 2. The van der Waals surface area contributed by atoms with Crippen molar-refractivity contribution < 1.29 is 40.2 Å². The van der Waals surface area contributed by atoms with E-state index < -0.39 is 29.7 Å². The number of hydrogen-bond acceptors (Lipinski definition) is 3. The van der Waals surface area contributed by atoms with Crippen LogP contribution in [-0.2, 0) is 6.18 Å². The van der Waals surface area contributed by atoms with Gasteiger partial charge in [0, 0.05) is 18.7 Å². The van der Waals surface area contributed by atoms with Gasteiger partial charge in [0.05, 0.1) is 5.56 Å². The summed E-state index contributed by atoms with van der Waals surface area (Å²) in [6.45, 7) is 0.890. The molecule has 1 N–H and O–H groups in total. The highest BCUT2D eigenvalue weighted by Gasteiger charge is 2.34. The van der Waals surface area contributed by atoms with E-state index in [0.717, 1.165) is 18.2 Å². The fourth-order valence-electron chi connectivity index (χ4n) is 2.43. The normalized spacial score (nSPS) is 15.4. The molecule has 0 aromatic heterocycles. The lowest BCUT2D eigenvalue weighted by Crippen LogP contribution is -2.50. The van der Waals surface area contributed by atoms with E-state index in [0.29, 0.717) is 19.2 Å². The van der Waals surface area contributed by atoms with Gasteiger partial charge in [-0.25, -0.2) is 4.39 Å². The Hall–Kier alpha value is -2.49. The van der Waals surface area contributed by atoms with Crippen LogP contribution >= 0.6 is 0 Å². The van der Waals surface area contributed by atoms with Gasteiger partial charge in [-0.1, -0.05) is 12.1 Å². The zero-order valence-corrected chi connectivity index (χ0v) is 13.4. The quantitative estimate of drug-likeness (QED) is 0.758. The Morgan fingerprint density at radius 1 is 0.889 bits per heavy atom. The number of rotatable bonds is 4. The molecule has 1 fully saturated rings. The lowest BCUT2D eigenvalue weighted by Gasteiger charge is -2.28. The predicted octanol–water partition coefficient (Wildman–Crippen LogP) is 4.76. The van der Waals surface area contributed by atoms with Crippen LogP contribution in [0.4, 0.5) is 30.7 Å². The van der Waals surface area contributed by atoms with Crippen LogP contribution in [0, 0.1) is 5.82 Å². The molecule has 146 valence electrons. The predicted molar refractivity (Wildman–Crippen MR) is 80.8 cm³/mol. The second-order valence-corrected chi connectivity index (χ2v) is 5.80. The number of halogens is 7.